The summed E-state index contributed by atoms with van der Waals surface area (Å²) in [7, 11) is 0. The molecule has 1 fully saturated rings. The van der Waals surface area contributed by atoms with Crippen LogP contribution in [-0.4, -0.2) is 47.6 Å². The second-order valence-electron chi connectivity index (χ2n) is 4.13. The first-order valence-corrected chi connectivity index (χ1v) is 5.88. The van der Waals surface area contributed by atoms with Gasteiger partial charge >= 0.3 is 5.97 Å². The van der Waals surface area contributed by atoms with Gasteiger partial charge in [0.2, 0.25) is 5.91 Å². The van der Waals surface area contributed by atoms with Crippen LogP contribution in [0.3, 0.4) is 0 Å². The highest BCUT2D eigenvalue weighted by atomic mass is 16.4. The summed E-state index contributed by atoms with van der Waals surface area (Å²) in [6, 6.07) is -0.437. The van der Waals surface area contributed by atoms with E-state index in [4.69, 9.17) is 5.11 Å². The first-order chi connectivity index (χ1) is 7.65. The molecule has 1 unspecified atom stereocenters. The highest BCUT2D eigenvalue weighted by molar-refractivity contribution is 5.77. The Balaban J connectivity index is 2.55. The number of carboxylic acid groups (broad SMARTS) is 1. The van der Waals surface area contributed by atoms with Crippen LogP contribution in [0.1, 0.15) is 32.6 Å². The van der Waals surface area contributed by atoms with Crippen molar-refractivity contribution in [2.75, 3.05) is 19.6 Å². The molecule has 1 rings (SSSR count). The molecule has 1 atom stereocenters. The summed E-state index contributed by atoms with van der Waals surface area (Å²) in [5, 5.41) is 11.9. The van der Waals surface area contributed by atoms with E-state index in [1.807, 2.05) is 11.8 Å². The van der Waals surface area contributed by atoms with Crippen molar-refractivity contribution in [1.82, 2.24) is 10.2 Å². The van der Waals surface area contributed by atoms with E-state index in [0.29, 0.717) is 32.5 Å². The predicted octanol–water partition coefficient (Wildman–Crippen LogP) is 0.452. The molecule has 0 aromatic heterocycles. The van der Waals surface area contributed by atoms with Crippen LogP contribution in [0.2, 0.25) is 0 Å². The van der Waals surface area contributed by atoms with Crippen LogP contribution in [-0.2, 0) is 9.59 Å². The minimum atomic E-state index is -0.775. The summed E-state index contributed by atoms with van der Waals surface area (Å²) in [5.74, 6) is -0.759. The Labute approximate surface area is 95.8 Å². The molecule has 0 saturated carbocycles. The van der Waals surface area contributed by atoms with E-state index in [1.165, 1.54) is 0 Å². The fourth-order valence-electron chi connectivity index (χ4n) is 1.96. The number of amides is 1. The third-order valence-corrected chi connectivity index (χ3v) is 2.90. The predicted molar refractivity (Wildman–Crippen MR) is 60.1 cm³/mol. The molecule has 1 heterocycles. The summed E-state index contributed by atoms with van der Waals surface area (Å²) >= 11 is 0. The van der Waals surface area contributed by atoms with Crippen molar-refractivity contribution in [1.29, 1.82) is 0 Å². The van der Waals surface area contributed by atoms with Crippen LogP contribution in [0, 0.1) is 0 Å². The Bertz CT molecular complexity index is 256. The van der Waals surface area contributed by atoms with Gasteiger partial charge in [0.25, 0.3) is 0 Å². The summed E-state index contributed by atoms with van der Waals surface area (Å²) in [6.45, 7) is 3.78. The van der Waals surface area contributed by atoms with E-state index in [0.717, 1.165) is 12.8 Å². The third kappa shape index (κ3) is 3.81. The standard InChI is InChI=1S/C11H20N2O3/c1-2-3-4-9(11(15)16)13-7-5-10(14)12-6-8-13/h9H,2-8H2,1H3,(H,12,14)(H,15,16). The van der Waals surface area contributed by atoms with E-state index in [1.54, 1.807) is 0 Å². The molecule has 2 N–H and O–H groups in total. The van der Waals surface area contributed by atoms with Gasteiger partial charge in [-0.3, -0.25) is 14.5 Å². The average Bonchev–Trinajstić information content (AvgIpc) is 2.44. The van der Waals surface area contributed by atoms with Crippen molar-refractivity contribution in [3.05, 3.63) is 0 Å². The smallest absolute Gasteiger partial charge is 0.320 e. The lowest BCUT2D eigenvalue weighted by molar-refractivity contribution is -0.143. The van der Waals surface area contributed by atoms with Crippen molar-refractivity contribution in [2.24, 2.45) is 0 Å². The molecule has 0 bridgehead atoms. The normalized spacial score (nSPS) is 19.9. The number of unbranched alkanes of at least 4 members (excludes halogenated alkanes) is 1. The Morgan fingerprint density at radius 3 is 2.94 bits per heavy atom. The number of aliphatic carboxylic acids is 1. The van der Waals surface area contributed by atoms with Gasteiger partial charge in [-0.2, -0.15) is 0 Å². The zero-order valence-corrected chi connectivity index (χ0v) is 9.74. The van der Waals surface area contributed by atoms with Crippen LogP contribution in [0.4, 0.5) is 0 Å². The number of hydrogen-bond acceptors (Lipinski definition) is 3. The third-order valence-electron chi connectivity index (χ3n) is 2.90. The van der Waals surface area contributed by atoms with E-state index >= 15 is 0 Å². The summed E-state index contributed by atoms with van der Waals surface area (Å²) in [4.78, 5) is 24.2. The molecule has 1 saturated heterocycles. The van der Waals surface area contributed by atoms with Gasteiger partial charge in [-0.25, -0.2) is 0 Å². The topological polar surface area (TPSA) is 69.6 Å². The lowest BCUT2D eigenvalue weighted by atomic mass is 10.1. The SMILES string of the molecule is CCCCC(C(=O)O)N1CCNC(=O)CC1. The van der Waals surface area contributed by atoms with Crippen LogP contribution < -0.4 is 5.32 Å². The molecule has 0 aromatic carbocycles. The lowest BCUT2D eigenvalue weighted by Gasteiger charge is -2.26. The number of carbonyl (C=O) groups is 2. The molecule has 1 aliphatic heterocycles. The van der Waals surface area contributed by atoms with E-state index in [-0.39, 0.29) is 5.91 Å². The molecule has 1 amide bonds. The summed E-state index contributed by atoms with van der Waals surface area (Å²) in [6.07, 6.45) is 2.97. The van der Waals surface area contributed by atoms with Crippen LogP contribution in [0.25, 0.3) is 0 Å². The first kappa shape index (κ1) is 13.0. The molecule has 5 heteroatoms. The van der Waals surface area contributed by atoms with Crippen LogP contribution in [0.5, 0.6) is 0 Å². The second-order valence-corrected chi connectivity index (χ2v) is 4.13. The van der Waals surface area contributed by atoms with Gasteiger partial charge in [0, 0.05) is 26.1 Å². The monoisotopic (exact) mass is 228 g/mol. The Kier molecular flexibility index (Phi) is 5.25. The Morgan fingerprint density at radius 1 is 1.56 bits per heavy atom. The molecule has 1 aliphatic rings. The van der Waals surface area contributed by atoms with Gasteiger partial charge in [0.15, 0.2) is 0 Å². The Morgan fingerprint density at radius 2 is 2.31 bits per heavy atom. The summed E-state index contributed by atoms with van der Waals surface area (Å²) in [5.41, 5.74) is 0. The van der Waals surface area contributed by atoms with Crippen molar-refractivity contribution >= 4 is 11.9 Å². The van der Waals surface area contributed by atoms with Gasteiger partial charge in [0.1, 0.15) is 6.04 Å². The fraction of sp³-hybridized carbons (Fsp3) is 0.818. The van der Waals surface area contributed by atoms with Crippen molar-refractivity contribution in [3.63, 3.8) is 0 Å². The highest BCUT2D eigenvalue weighted by Gasteiger charge is 2.26. The molecule has 5 nitrogen and oxygen atoms in total. The largest absolute Gasteiger partial charge is 0.480 e. The maximum absolute atomic E-state index is 11.2. The maximum Gasteiger partial charge on any atom is 0.320 e. The summed E-state index contributed by atoms with van der Waals surface area (Å²) < 4.78 is 0. The van der Waals surface area contributed by atoms with Gasteiger partial charge in [-0.1, -0.05) is 19.8 Å². The molecular weight excluding hydrogens is 208 g/mol. The number of nitrogens with zero attached hydrogens (tertiary/aromatic N) is 1. The van der Waals surface area contributed by atoms with E-state index in [2.05, 4.69) is 5.32 Å². The highest BCUT2D eigenvalue weighted by Crippen LogP contribution is 2.11. The minimum absolute atomic E-state index is 0.0159. The average molecular weight is 228 g/mol. The molecule has 0 aliphatic carbocycles. The quantitative estimate of drug-likeness (QED) is 0.717. The van der Waals surface area contributed by atoms with E-state index in [9.17, 15) is 9.59 Å². The molecule has 16 heavy (non-hydrogen) atoms. The van der Waals surface area contributed by atoms with Crippen molar-refractivity contribution in [3.8, 4) is 0 Å². The van der Waals surface area contributed by atoms with Crippen molar-refractivity contribution in [2.45, 2.75) is 38.6 Å². The zero-order chi connectivity index (χ0) is 12.0. The number of rotatable bonds is 5. The van der Waals surface area contributed by atoms with Crippen LogP contribution in [0.15, 0.2) is 0 Å². The van der Waals surface area contributed by atoms with Gasteiger partial charge in [0.05, 0.1) is 0 Å². The van der Waals surface area contributed by atoms with Crippen molar-refractivity contribution < 1.29 is 14.7 Å². The van der Waals surface area contributed by atoms with Gasteiger partial charge < -0.3 is 10.4 Å². The fourth-order valence-corrected chi connectivity index (χ4v) is 1.96. The number of nitrogens with one attached hydrogen (secondary N) is 1. The molecule has 0 radical (unpaired) electrons. The molecular formula is C11H20N2O3. The number of carboxylic acids is 1. The number of hydrogen-bond donors (Lipinski definition) is 2. The van der Waals surface area contributed by atoms with Gasteiger partial charge in [-0.05, 0) is 6.42 Å². The molecule has 0 aromatic rings. The number of carbonyl (C=O) groups excluding carboxylic acids is 1. The molecule has 0 spiro atoms. The molecule has 92 valence electrons. The van der Waals surface area contributed by atoms with E-state index < -0.39 is 12.0 Å². The second kappa shape index (κ2) is 6.48. The Hall–Kier alpha value is -1.10. The van der Waals surface area contributed by atoms with Crippen LogP contribution >= 0.6 is 0 Å². The first-order valence-electron chi connectivity index (χ1n) is 5.88. The zero-order valence-electron chi connectivity index (χ0n) is 9.74. The lowest BCUT2D eigenvalue weighted by Crippen LogP contribution is -2.43. The van der Waals surface area contributed by atoms with Gasteiger partial charge in [-0.15, -0.1) is 0 Å². The minimum Gasteiger partial charge on any atom is -0.480 e. The maximum atomic E-state index is 11.2.